The number of ether oxygens (including phenoxy) is 1. The lowest BCUT2D eigenvalue weighted by Gasteiger charge is -2.33. The summed E-state index contributed by atoms with van der Waals surface area (Å²) in [4.78, 5) is 26.8. The number of thiophene rings is 1. The first kappa shape index (κ1) is 22.7. The number of carbonyl (C=O) groups is 2. The van der Waals surface area contributed by atoms with Gasteiger partial charge in [0.05, 0.1) is 12.5 Å². The van der Waals surface area contributed by atoms with E-state index in [9.17, 15) is 26.4 Å². The highest BCUT2D eigenvalue weighted by Crippen LogP contribution is 2.18. The Bertz CT molecular complexity index is 916. The number of amides is 1. The molecule has 1 saturated heterocycles. The van der Waals surface area contributed by atoms with Crippen LogP contribution in [-0.4, -0.2) is 89.8 Å². The molecule has 0 bridgehead atoms. The summed E-state index contributed by atoms with van der Waals surface area (Å²) < 4.78 is 53.7. The van der Waals surface area contributed by atoms with Gasteiger partial charge >= 0.3 is 5.97 Å². The minimum absolute atomic E-state index is 0.217. The summed E-state index contributed by atoms with van der Waals surface area (Å²) in [5.74, 6) is -1.01. The van der Waals surface area contributed by atoms with Crippen molar-refractivity contribution in [2.75, 3.05) is 51.8 Å². The van der Waals surface area contributed by atoms with Gasteiger partial charge in [-0.25, -0.2) is 26.4 Å². The summed E-state index contributed by atoms with van der Waals surface area (Å²) in [6, 6.07) is 3.27. The van der Waals surface area contributed by atoms with Gasteiger partial charge < -0.3 is 9.64 Å². The average Bonchev–Trinajstić information content (AvgIpc) is 3.06. The second-order valence-electron chi connectivity index (χ2n) is 6.30. The first-order valence-electron chi connectivity index (χ1n) is 8.39. The Hall–Kier alpha value is -1.54. The first-order valence-corrected chi connectivity index (χ1v) is 12.9. The average molecular weight is 454 g/mol. The molecule has 2 rings (SSSR count). The lowest BCUT2D eigenvalue weighted by Crippen LogP contribution is -2.51. The van der Waals surface area contributed by atoms with Crippen molar-refractivity contribution in [1.82, 2.24) is 13.9 Å². The van der Waals surface area contributed by atoms with Crippen LogP contribution in [0.1, 0.15) is 14.5 Å². The maximum absolute atomic E-state index is 12.1. The number of nitrogens with one attached hydrogen (secondary N) is 1. The topological polar surface area (TPSA) is 130 Å². The predicted octanol–water partition coefficient (Wildman–Crippen LogP) is -0.900. The summed E-state index contributed by atoms with van der Waals surface area (Å²) in [5.41, 5.74) is 0. The number of esters is 1. The second kappa shape index (κ2) is 9.31. The Morgan fingerprint density at radius 1 is 1.11 bits per heavy atom. The van der Waals surface area contributed by atoms with Gasteiger partial charge in [-0.2, -0.15) is 4.31 Å². The van der Waals surface area contributed by atoms with E-state index in [4.69, 9.17) is 4.74 Å². The Morgan fingerprint density at radius 3 is 2.32 bits per heavy atom. The standard InChI is InChI=1S/C15H23N3O7S3/c1-27(21,22)16-6-5-12-3-4-13(26-12)15(20)25-11-14(19)17-7-9-18(10-8-17)28(2,23)24/h3-4,16H,5-11H2,1-2H3. The molecular weight excluding hydrogens is 430 g/mol. The van der Waals surface area contributed by atoms with Crippen molar-refractivity contribution in [3.8, 4) is 0 Å². The zero-order valence-corrected chi connectivity index (χ0v) is 18.0. The monoisotopic (exact) mass is 453 g/mol. The van der Waals surface area contributed by atoms with Gasteiger partial charge in [-0.1, -0.05) is 0 Å². The summed E-state index contributed by atoms with van der Waals surface area (Å²) in [5, 5.41) is 0. The van der Waals surface area contributed by atoms with E-state index in [2.05, 4.69) is 4.72 Å². The second-order valence-corrected chi connectivity index (χ2v) is 11.3. The molecule has 0 aliphatic carbocycles. The lowest BCUT2D eigenvalue weighted by molar-refractivity contribution is -0.135. The number of rotatable bonds is 8. The van der Waals surface area contributed by atoms with Crippen LogP contribution in [0.2, 0.25) is 0 Å². The zero-order valence-electron chi connectivity index (χ0n) is 15.6. The van der Waals surface area contributed by atoms with Crippen LogP contribution in [0.4, 0.5) is 0 Å². The molecule has 0 radical (unpaired) electrons. The maximum Gasteiger partial charge on any atom is 0.348 e. The van der Waals surface area contributed by atoms with Gasteiger partial charge in [-0.15, -0.1) is 11.3 Å². The third-order valence-electron chi connectivity index (χ3n) is 3.99. The van der Waals surface area contributed by atoms with E-state index >= 15 is 0 Å². The van der Waals surface area contributed by atoms with Gasteiger partial charge in [0.15, 0.2) is 6.61 Å². The summed E-state index contributed by atoms with van der Waals surface area (Å²) >= 11 is 1.17. The van der Waals surface area contributed by atoms with Gasteiger partial charge in [0.25, 0.3) is 5.91 Å². The third-order valence-corrected chi connectivity index (χ3v) is 7.14. The van der Waals surface area contributed by atoms with Crippen LogP contribution in [0.3, 0.4) is 0 Å². The number of piperazine rings is 1. The minimum atomic E-state index is -3.28. The van der Waals surface area contributed by atoms with Gasteiger partial charge in [0.2, 0.25) is 20.0 Å². The van der Waals surface area contributed by atoms with Crippen LogP contribution >= 0.6 is 11.3 Å². The molecule has 0 spiro atoms. The SMILES string of the molecule is CS(=O)(=O)NCCc1ccc(C(=O)OCC(=O)N2CCN(S(C)(=O)=O)CC2)s1. The Morgan fingerprint density at radius 2 is 1.75 bits per heavy atom. The predicted molar refractivity (Wildman–Crippen MR) is 104 cm³/mol. The first-order chi connectivity index (χ1) is 13.0. The molecular formula is C15H23N3O7S3. The van der Waals surface area contributed by atoms with E-state index in [-0.39, 0.29) is 38.6 Å². The molecule has 1 amide bonds. The molecule has 1 fully saturated rings. The van der Waals surface area contributed by atoms with Crippen molar-refractivity contribution in [2.24, 2.45) is 0 Å². The van der Waals surface area contributed by atoms with Gasteiger partial charge in [-0.3, -0.25) is 4.79 Å². The van der Waals surface area contributed by atoms with Crippen LogP contribution in [0.25, 0.3) is 0 Å². The van der Waals surface area contributed by atoms with Gasteiger partial charge in [0.1, 0.15) is 4.88 Å². The molecule has 158 valence electrons. The number of sulfonamides is 2. The normalized spacial score (nSPS) is 16.1. The molecule has 0 unspecified atom stereocenters. The molecule has 1 aromatic rings. The van der Waals surface area contributed by atoms with Crippen LogP contribution in [0, 0.1) is 0 Å². The quantitative estimate of drug-likeness (QED) is 0.505. The van der Waals surface area contributed by atoms with E-state index in [0.717, 1.165) is 17.4 Å². The van der Waals surface area contributed by atoms with Crippen molar-refractivity contribution in [1.29, 1.82) is 0 Å². The molecule has 1 aromatic heterocycles. The highest BCUT2D eigenvalue weighted by atomic mass is 32.2. The van der Waals surface area contributed by atoms with Crippen LogP contribution in [-0.2, 0) is 36.0 Å². The minimum Gasteiger partial charge on any atom is -0.451 e. The van der Waals surface area contributed by atoms with Gasteiger partial charge in [0, 0.05) is 37.6 Å². The molecule has 0 atom stereocenters. The van der Waals surface area contributed by atoms with E-state index < -0.39 is 32.6 Å². The van der Waals surface area contributed by atoms with Crippen LogP contribution < -0.4 is 4.72 Å². The fourth-order valence-electron chi connectivity index (χ4n) is 2.54. The lowest BCUT2D eigenvalue weighted by atomic mass is 10.3. The van der Waals surface area contributed by atoms with E-state index in [1.165, 1.54) is 20.5 Å². The smallest absolute Gasteiger partial charge is 0.348 e. The number of hydrogen-bond acceptors (Lipinski definition) is 8. The summed E-state index contributed by atoms with van der Waals surface area (Å²) in [6.07, 6.45) is 2.63. The maximum atomic E-state index is 12.1. The van der Waals surface area contributed by atoms with Crippen molar-refractivity contribution in [2.45, 2.75) is 6.42 Å². The molecule has 2 heterocycles. The number of nitrogens with zero attached hydrogens (tertiary/aromatic N) is 2. The molecule has 28 heavy (non-hydrogen) atoms. The summed E-state index contributed by atoms with van der Waals surface area (Å²) in [6.45, 7) is 0.745. The van der Waals surface area contributed by atoms with E-state index in [1.54, 1.807) is 12.1 Å². The Labute approximate surface area is 168 Å². The number of carbonyl (C=O) groups excluding carboxylic acids is 2. The van der Waals surface area contributed by atoms with E-state index in [0.29, 0.717) is 11.3 Å². The van der Waals surface area contributed by atoms with Crippen molar-refractivity contribution in [3.63, 3.8) is 0 Å². The van der Waals surface area contributed by atoms with E-state index in [1.807, 2.05) is 0 Å². The largest absolute Gasteiger partial charge is 0.451 e. The van der Waals surface area contributed by atoms with Crippen LogP contribution in [0.15, 0.2) is 12.1 Å². The molecule has 13 heteroatoms. The van der Waals surface area contributed by atoms with Gasteiger partial charge in [-0.05, 0) is 18.6 Å². The molecule has 0 saturated carbocycles. The van der Waals surface area contributed by atoms with Crippen molar-refractivity contribution in [3.05, 3.63) is 21.9 Å². The highest BCUT2D eigenvalue weighted by molar-refractivity contribution is 7.88. The Kier molecular flexibility index (Phi) is 7.56. The summed E-state index contributed by atoms with van der Waals surface area (Å²) in [7, 11) is -6.54. The van der Waals surface area contributed by atoms with Crippen molar-refractivity contribution < 1.29 is 31.2 Å². The molecule has 0 aromatic carbocycles. The fourth-order valence-corrected chi connectivity index (χ4v) is 4.74. The highest BCUT2D eigenvalue weighted by Gasteiger charge is 2.26. The van der Waals surface area contributed by atoms with Crippen molar-refractivity contribution >= 4 is 43.3 Å². The molecule has 1 aliphatic heterocycles. The third kappa shape index (κ3) is 7.13. The molecule has 1 N–H and O–H groups in total. The zero-order chi connectivity index (χ0) is 20.9. The Balaban J connectivity index is 1.77. The molecule has 10 nitrogen and oxygen atoms in total. The number of hydrogen-bond donors (Lipinski definition) is 1. The molecule has 1 aliphatic rings. The van der Waals surface area contributed by atoms with Crippen LogP contribution in [0.5, 0.6) is 0 Å². The fraction of sp³-hybridized carbons (Fsp3) is 0.600.